The summed E-state index contributed by atoms with van der Waals surface area (Å²) in [5, 5.41) is 10.9. The smallest absolute Gasteiger partial charge is 0.338 e. The van der Waals surface area contributed by atoms with Gasteiger partial charge in [-0.25, -0.2) is 4.79 Å². The van der Waals surface area contributed by atoms with Gasteiger partial charge in [0, 0.05) is 43.3 Å². The fourth-order valence-corrected chi connectivity index (χ4v) is 2.92. The third-order valence-corrected chi connectivity index (χ3v) is 4.40. The Morgan fingerprint density at radius 2 is 1.96 bits per heavy atom. The summed E-state index contributed by atoms with van der Waals surface area (Å²) in [4.78, 5) is 34.9. The standard InChI is InChI=1S/C19H23N3O6/c1-12-9-15(13(2)21(12)7-4-8-27-3)18(23)11-28-19(24)14-5-6-16(20)17(10-14)22(25)26/h5-6,9-10H,4,7-8,11,20H2,1-3H3. The number of carbonyl (C=O) groups is 2. The zero-order valence-electron chi connectivity index (χ0n) is 16.1. The van der Waals surface area contributed by atoms with E-state index in [1.807, 2.05) is 18.4 Å². The van der Waals surface area contributed by atoms with E-state index in [1.165, 1.54) is 12.1 Å². The van der Waals surface area contributed by atoms with Crippen LogP contribution in [0.3, 0.4) is 0 Å². The zero-order valence-corrected chi connectivity index (χ0v) is 16.1. The van der Waals surface area contributed by atoms with Crippen LogP contribution in [-0.2, 0) is 16.0 Å². The van der Waals surface area contributed by atoms with Gasteiger partial charge in [0.2, 0.25) is 5.78 Å². The molecule has 0 saturated carbocycles. The second kappa shape index (κ2) is 9.14. The van der Waals surface area contributed by atoms with Crippen molar-refractivity contribution in [3.8, 4) is 0 Å². The molecule has 1 aromatic heterocycles. The molecule has 1 aromatic carbocycles. The van der Waals surface area contributed by atoms with Gasteiger partial charge in [-0.1, -0.05) is 0 Å². The third-order valence-electron chi connectivity index (χ3n) is 4.40. The summed E-state index contributed by atoms with van der Waals surface area (Å²) in [6, 6.07) is 5.36. The Morgan fingerprint density at radius 1 is 1.25 bits per heavy atom. The van der Waals surface area contributed by atoms with E-state index >= 15 is 0 Å². The summed E-state index contributed by atoms with van der Waals surface area (Å²) in [6.07, 6.45) is 0.811. The number of Topliss-reactive ketones (excluding diaryl/α,β-unsaturated/α-hetero) is 1. The van der Waals surface area contributed by atoms with Crippen molar-refractivity contribution in [2.75, 3.05) is 26.1 Å². The minimum Gasteiger partial charge on any atom is -0.454 e. The molecule has 2 N–H and O–H groups in total. The topological polar surface area (TPSA) is 127 Å². The van der Waals surface area contributed by atoms with Crippen LogP contribution in [0.15, 0.2) is 24.3 Å². The molecule has 0 atom stereocenters. The maximum atomic E-state index is 12.5. The number of esters is 1. The van der Waals surface area contributed by atoms with Gasteiger partial charge in [0.05, 0.1) is 10.5 Å². The lowest BCUT2D eigenvalue weighted by atomic mass is 10.1. The first-order valence-corrected chi connectivity index (χ1v) is 8.66. The minimum absolute atomic E-state index is 0.0428. The molecule has 0 saturated heterocycles. The van der Waals surface area contributed by atoms with E-state index in [0.717, 1.165) is 23.9 Å². The Hall–Kier alpha value is -3.20. The lowest BCUT2D eigenvalue weighted by molar-refractivity contribution is -0.383. The van der Waals surface area contributed by atoms with E-state index in [4.69, 9.17) is 15.2 Å². The van der Waals surface area contributed by atoms with Gasteiger partial charge in [-0.3, -0.25) is 14.9 Å². The molecule has 2 rings (SSSR count). The molecule has 0 spiro atoms. The van der Waals surface area contributed by atoms with E-state index in [2.05, 4.69) is 0 Å². The number of nitrogens with zero attached hydrogens (tertiary/aromatic N) is 2. The molecule has 0 aliphatic rings. The van der Waals surface area contributed by atoms with Crippen LogP contribution >= 0.6 is 0 Å². The summed E-state index contributed by atoms with van der Waals surface area (Å²) < 4.78 is 12.1. The number of ketones is 1. The van der Waals surface area contributed by atoms with E-state index in [1.54, 1.807) is 13.2 Å². The maximum Gasteiger partial charge on any atom is 0.338 e. The van der Waals surface area contributed by atoms with Crippen LogP contribution in [-0.4, -0.2) is 41.6 Å². The highest BCUT2D eigenvalue weighted by Crippen LogP contribution is 2.23. The highest BCUT2D eigenvalue weighted by Gasteiger charge is 2.20. The molecule has 0 amide bonds. The molecule has 2 aromatic rings. The number of carbonyl (C=O) groups excluding carboxylic acids is 2. The number of hydrogen-bond acceptors (Lipinski definition) is 7. The number of hydrogen-bond donors (Lipinski definition) is 1. The number of benzene rings is 1. The Balaban J connectivity index is 2.06. The second-order valence-electron chi connectivity index (χ2n) is 6.31. The lowest BCUT2D eigenvalue weighted by Crippen LogP contribution is -2.15. The molecule has 0 radical (unpaired) electrons. The van der Waals surface area contributed by atoms with Crippen LogP contribution in [0.4, 0.5) is 11.4 Å². The number of aryl methyl sites for hydroxylation is 1. The molecule has 0 bridgehead atoms. The first-order chi connectivity index (χ1) is 13.3. The third kappa shape index (κ3) is 4.74. The first-order valence-electron chi connectivity index (χ1n) is 8.66. The maximum absolute atomic E-state index is 12.5. The molecular weight excluding hydrogens is 366 g/mol. The molecule has 0 aliphatic heterocycles. The summed E-state index contributed by atoms with van der Waals surface area (Å²) in [7, 11) is 1.63. The van der Waals surface area contributed by atoms with Crippen molar-refractivity contribution in [1.29, 1.82) is 0 Å². The summed E-state index contributed by atoms with van der Waals surface area (Å²) in [5.41, 5.74) is 7.21. The van der Waals surface area contributed by atoms with E-state index in [-0.39, 0.29) is 22.7 Å². The van der Waals surface area contributed by atoms with Gasteiger partial charge >= 0.3 is 5.97 Å². The number of anilines is 1. The van der Waals surface area contributed by atoms with Crippen LogP contribution < -0.4 is 5.73 Å². The van der Waals surface area contributed by atoms with Crippen LogP contribution in [0, 0.1) is 24.0 Å². The van der Waals surface area contributed by atoms with Crippen LogP contribution in [0.5, 0.6) is 0 Å². The summed E-state index contributed by atoms with van der Waals surface area (Å²) >= 11 is 0. The van der Waals surface area contributed by atoms with E-state index in [9.17, 15) is 19.7 Å². The second-order valence-corrected chi connectivity index (χ2v) is 6.31. The van der Waals surface area contributed by atoms with Crippen molar-refractivity contribution in [1.82, 2.24) is 4.57 Å². The molecule has 150 valence electrons. The molecule has 0 aliphatic carbocycles. The number of nitrogen functional groups attached to an aromatic ring is 1. The van der Waals surface area contributed by atoms with Crippen LogP contribution in [0.1, 0.15) is 38.5 Å². The SMILES string of the molecule is COCCCn1c(C)cc(C(=O)COC(=O)c2ccc(N)c([N+](=O)[O-])c2)c1C. The Kier molecular flexibility index (Phi) is 6.89. The number of rotatable bonds is 9. The number of aromatic nitrogens is 1. The minimum atomic E-state index is -0.828. The molecule has 0 fully saturated rings. The lowest BCUT2D eigenvalue weighted by Gasteiger charge is -2.09. The monoisotopic (exact) mass is 389 g/mol. The number of ether oxygens (including phenoxy) is 2. The van der Waals surface area contributed by atoms with Gasteiger partial charge in [-0.15, -0.1) is 0 Å². The Labute approximate surface area is 162 Å². The summed E-state index contributed by atoms with van der Waals surface area (Å²) in [5.74, 6) is -1.17. The van der Waals surface area contributed by atoms with Crippen molar-refractivity contribution >= 4 is 23.1 Å². The van der Waals surface area contributed by atoms with Crippen molar-refractivity contribution in [3.05, 3.63) is 56.9 Å². The number of nitro groups is 1. The van der Waals surface area contributed by atoms with Gasteiger partial charge in [0.25, 0.3) is 5.69 Å². The normalized spacial score (nSPS) is 10.7. The fourth-order valence-electron chi connectivity index (χ4n) is 2.92. The van der Waals surface area contributed by atoms with Crippen LogP contribution in [0.25, 0.3) is 0 Å². The van der Waals surface area contributed by atoms with Crippen molar-refractivity contribution < 1.29 is 24.0 Å². The zero-order chi connectivity index (χ0) is 20.8. The molecule has 0 unspecified atom stereocenters. The quantitative estimate of drug-likeness (QED) is 0.174. The molecule has 1 heterocycles. The Bertz CT molecular complexity index is 903. The highest BCUT2D eigenvalue weighted by atomic mass is 16.6. The van der Waals surface area contributed by atoms with E-state index < -0.39 is 17.5 Å². The summed E-state index contributed by atoms with van der Waals surface area (Å²) in [6.45, 7) is 4.60. The predicted molar refractivity (Wildman–Crippen MR) is 103 cm³/mol. The number of nitrogens with two attached hydrogens (primary N) is 1. The predicted octanol–water partition coefficient (Wildman–Crippen LogP) is 2.67. The highest BCUT2D eigenvalue weighted by molar-refractivity contribution is 6.00. The van der Waals surface area contributed by atoms with Gasteiger partial charge in [0.1, 0.15) is 5.69 Å². The fraction of sp³-hybridized carbons (Fsp3) is 0.368. The number of methoxy groups -OCH3 is 1. The van der Waals surface area contributed by atoms with Gasteiger partial charge in [-0.2, -0.15) is 0 Å². The van der Waals surface area contributed by atoms with Crippen LogP contribution in [0.2, 0.25) is 0 Å². The molecule has 9 heteroatoms. The number of nitro benzene ring substituents is 1. The average molecular weight is 389 g/mol. The first kappa shape index (κ1) is 21.1. The van der Waals surface area contributed by atoms with Gasteiger partial charge in [0.15, 0.2) is 6.61 Å². The average Bonchev–Trinajstić information content (AvgIpc) is 2.94. The molecule has 28 heavy (non-hydrogen) atoms. The van der Waals surface area contributed by atoms with Gasteiger partial charge in [-0.05, 0) is 38.5 Å². The van der Waals surface area contributed by atoms with Crippen molar-refractivity contribution in [3.63, 3.8) is 0 Å². The van der Waals surface area contributed by atoms with Crippen molar-refractivity contribution in [2.24, 2.45) is 0 Å². The molecule has 9 nitrogen and oxygen atoms in total. The largest absolute Gasteiger partial charge is 0.454 e. The molecular formula is C19H23N3O6. The Morgan fingerprint density at radius 3 is 2.61 bits per heavy atom. The van der Waals surface area contributed by atoms with Crippen molar-refractivity contribution in [2.45, 2.75) is 26.8 Å². The van der Waals surface area contributed by atoms with E-state index in [0.29, 0.717) is 18.7 Å². The van der Waals surface area contributed by atoms with Gasteiger partial charge < -0.3 is 19.8 Å².